The zero-order valence-electron chi connectivity index (χ0n) is 10.0. The van der Waals surface area contributed by atoms with E-state index in [2.05, 4.69) is 15.2 Å². The molecule has 6 nitrogen and oxygen atoms in total. The van der Waals surface area contributed by atoms with Gasteiger partial charge in [-0.05, 0) is 18.2 Å². The van der Waals surface area contributed by atoms with Gasteiger partial charge in [0.1, 0.15) is 12.4 Å². The predicted molar refractivity (Wildman–Crippen MR) is 67.4 cm³/mol. The number of hydrogen-bond acceptors (Lipinski definition) is 4. The van der Waals surface area contributed by atoms with Crippen molar-refractivity contribution in [3.8, 4) is 11.8 Å². The Kier molecular flexibility index (Phi) is 2.79. The summed E-state index contributed by atoms with van der Waals surface area (Å²) in [5.41, 5.74) is 1.86. The molecule has 3 aromatic rings. The number of benzene rings is 1. The van der Waals surface area contributed by atoms with Crippen LogP contribution in [0.3, 0.4) is 0 Å². The lowest BCUT2D eigenvalue weighted by molar-refractivity contribution is 0.659. The highest BCUT2D eigenvalue weighted by atomic mass is 15.3. The molecule has 0 spiro atoms. The van der Waals surface area contributed by atoms with Crippen LogP contribution >= 0.6 is 0 Å². The van der Waals surface area contributed by atoms with Crippen LogP contribution in [0.15, 0.2) is 48.9 Å². The minimum absolute atomic E-state index is 0.169. The second-order valence-electron chi connectivity index (χ2n) is 3.96. The van der Waals surface area contributed by atoms with Crippen LogP contribution in [0.1, 0.15) is 11.5 Å². The van der Waals surface area contributed by atoms with Crippen molar-refractivity contribution in [2.75, 3.05) is 0 Å². The maximum Gasteiger partial charge on any atom is 0.252 e. The molecule has 3 rings (SSSR count). The van der Waals surface area contributed by atoms with Gasteiger partial charge in [-0.1, -0.05) is 18.2 Å². The first-order chi connectivity index (χ1) is 9.35. The Morgan fingerprint density at radius 1 is 1.11 bits per heavy atom. The van der Waals surface area contributed by atoms with E-state index in [9.17, 15) is 0 Å². The molecule has 0 aliphatic rings. The first kappa shape index (κ1) is 11.2. The highest BCUT2D eigenvalue weighted by Gasteiger charge is 2.04. The smallest absolute Gasteiger partial charge is 0.246 e. The van der Waals surface area contributed by atoms with Crippen LogP contribution in [0.4, 0.5) is 0 Å². The summed E-state index contributed by atoms with van der Waals surface area (Å²) in [6.45, 7) is 0.495. The second kappa shape index (κ2) is 4.74. The van der Waals surface area contributed by atoms with Crippen LogP contribution in [-0.2, 0) is 6.54 Å². The van der Waals surface area contributed by atoms with E-state index in [0.717, 1.165) is 11.4 Å². The fourth-order valence-electron chi connectivity index (χ4n) is 1.76. The summed E-state index contributed by atoms with van der Waals surface area (Å²) in [6, 6.07) is 13.7. The Bertz CT molecular complexity index is 719. The zero-order chi connectivity index (χ0) is 13.1. The van der Waals surface area contributed by atoms with Gasteiger partial charge in [-0.2, -0.15) is 10.4 Å². The minimum atomic E-state index is 0.169. The molecule has 0 bridgehead atoms. The van der Waals surface area contributed by atoms with Gasteiger partial charge in [0.25, 0.3) is 5.82 Å². The monoisotopic (exact) mass is 250 g/mol. The van der Waals surface area contributed by atoms with Gasteiger partial charge in [-0.3, -0.25) is 0 Å². The number of hydrogen-bond donors (Lipinski definition) is 0. The van der Waals surface area contributed by atoms with Crippen LogP contribution in [0.5, 0.6) is 0 Å². The van der Waals surface area contributed by atoms with Crippen molar-refractivity contribution in [2.24, 2.45) is 0 Å². The van der Waals surface area contributed by atoms with E-state index in [0.29, 0.717) is 6.54 Å². The summed E-state index contributed by atoms with van der Waals surface area (Å²) < 4.78 is 3.40. The molecule has 0 amide bonds. The maximum atomic E-state index is 8.66. The quantitative estimate of drug-likeness (QED) is 0.704. The van der Waals surface area contributed by atoms with Gasteiger partial charge in [0.05, 0.1) is 17.9 Å². The molecule has 2 aromatic heterocycles. The number of nitrogens with zero attached hydrogens (tertiary/aromatic N) is 6. The molecule has 0 saturated heterocycles. The van der Waals surface area contributed by atoms with E-state index < -0.39 is 0 Å². The van der Waals surface area contributed by atoms with Crippen LogP contribution < -0.4 is 0 Å². The molecule has 2 heterocycles. The van der Waals surface area contributed by atoms with Gasteiger partial charge in [0.2, 0.25) is 0 Å². The van der Waals surface area contributed by atoms with Crippen LogP contribution in [-0.4, -0.2) is 24.5 Å². The highest BCUT2D eigenvalue weighted by molar-refractivity contribution is 5.30. The lowest BCUT2D eigenvalue weighted by Crippen LogP contribution is -2.02. The third-order valence-corrected chi connectivity index (χ3v) is 2.63. The lowest BCUT2D eigenvalue weighted by atomic mass is 10.3. The van der Waals surface area contributed by atoms with Gasteiger partial charge in [0.15, 0.2) is 0 Å². The molecule has 6 heteroatoms. The molecular formula is C13H10N6. The summed E-state index contributed by atoms with van der Waals surface area (Å²) >= 11 is 0. The molecule has 0 N–H and O–H groups in total. The van der Waals surface area contributed by atoms with E-state index in [1.54, 1.807) is 9.36 Å². The Morgan fingerprint density at radius 2 is 1.95 bits per heavy atom. The first-order valence-electron chi connectivity index (χ1n) is 5.75. The Morgan fingerprint density at radius 3 is 2.68 bits per heavy atom. The average Bonchev–Trinajstić information content (AvgIpc) is 3.09. The van der Waals surface area contributed by atoms with Crippen LogP contribution in [0.2, 0.25) is 0 Å². The summed E-state index contributed by atoms with van der Waals surface area (Å²) in [5.74, 6) is 0.169. The van der Waals surface area contributed by atoms with Gasteiger partial charge < -0.3 is 0 Å². The van der Waals surface area contributed by atoms with E-state index in [-0.39, 0.29) is 5.82 Å². The number of para-hydroxylation sites is 1. The van der Waals surface area contributed by atoms with Crippen molar-refractivity contribution >= 4 is 0 Å². The van der Waals surface area contributed by atoms with E-state index in [1.165, 1.54) is 6.33 Å². The van der Waals surface area contributed by atoms with Crippen LogP contribution in [0, 0.1) is 11.3 Å². The van der Waals surface area contributed by atoms with Crippen molar-refractivity contribution in [1.82, 2.24) is 24.5 Å². The van der Waals surface area contributed by atoms with Gasteiger partial charge in [-0.15, -0.1) is 5.10 Å². The molecule has 0 saturated carbocycles. The SMILES string of the molecule is N#Cc1ncn(Cc2ccn(-c3ccccc3)n2)n1. The van der Waals surface area contributed by atoms with E-state index in [4.69, 9.17) is 5.26 Å². The fourth-order valence-corrected chi connectivity index (χ4v) is 1.76. The summed E-state index contributed by atoms with van der Waals surface area (Å²) in [7, 11) is 0. The Balaban J connectivity index is 1.80. The van der Waals surface area contributed by atoms with Crippen molar-refractivity contribution in [3.05, 3.63) is 60.4 Å². The zero-order valence-corrected chi connectivity index (χ0v) is 10.0. The average molecular weight is 250 g/mol. The first-order valence-corrected chi connectivity index (χ1v) is 5.75. The largest absolute Gasteiger partial charge is 0.252 e. The number of rotatable bonds is 3. The van der Waals surface area contributed by atoms with Crippen LogP contribution in [0.25, 0.3) is 5.69 Å². The van der Waals surface area contributed by atoms with E-state index in [1.807, 2.05) is 48.7 Å². The predicted octanol–water partition coefficient (Wildman–Crippen LogP) is 1.38. The Labute approximate surface area is 109 Å². The highest BCUT2D eigenvalue weighted by Crippen LogP contribution is 2.07. The molecule has 0 fully saturated rings. The number of nitriles is 1. The molecule has 92 valence electrons. The maximum absolute atomic E-state index is 8.66. The molecular weight excluding hydrogens is 240 g/mol. The van der Waals surface area contributed by atoms with Crippen molar-refractivity contribution < 1.29 is 0 Å². The van der Waals surface area contributed by atoms with Gasteiger partial charge in [0, 0.05) is 6.20 Å². The lowest BCUT2D eigenvalue weighted by Gasteiger charge is -2.00. The van der Waals surface area contributed by atoms with Crippen molar-refractivity contribution in [2.45, 2.75) is 6.54 Å². The molecule has 0 atom stereocenters. The number of aromatic nitrogens is 5. The minimum Gasteiger partial charge on any atom is -0.246 e. The fraction of sp³-hybridized carbons (Fsp3) is 0.0769. The van der Waals surface area contributed by atoms with Gasteiger partial charge in [-0.25, -0.2) is 14.3 Å². The third-order valence-electron chi connectivity index (χ3n) is 2.63. The third kappa shape index (κ3) is 2.35. The molecule has 0 aliphatic carbocycles. The molecule has 19 heavy (non-hydrogen) atoms. The molecule has 0 radical (unpaired) electrons. The topological polar surface area (TPSA) is 72.3 Å². The summed E-state index contributed by atoms with van der Waals surface area (Å²) in [5, 5.41) is 17.1. The Hall–Kier alpha value is -2.94. The van der Waals surface area contributed by atoms with Crippen molar-refractivity contribution in [1.29, 1.82) is 5.26 Å². The van der Waals surface area contributed by atoms with Crippen molar-refractivity contribution in [3.63, 3.8) is 0 Å². The molecule has 0 aliphatic heterocycles. The summed E-state index contributed by atoms with van der Waals surface area (Å²) in [6.07, 6.45) is 3.42. The standard InChI is InChI=1S/C13H10N6/c14-8-13-15-10-18(17-13)9-11-6-7-19(16-11)12-4-2-1-3-5-12/h1-7,10H,9H2. The van der Waals surface area contributed by atoms with E-state index >= 15 is 0 Å². The van der Waals surface area contributed by atoms with Gasteiger partial charge >= 0.3 is 0 Å². The second-order valence-corrected chi connectivity index (χ2v) is 3.96. The summed E-state index contributed by atoms with van der Waals surface area (Å²) in [4.78, 5) is 3.85. The molecule has 1 aromatic carbocycles. The molecule has 0 unspecified atom stereocenters. The normalized spacial score (nSPS) is 10.3.